The molecule has 1 aromatic rings. The van der Waals surface area contributed by atoms with Gasteiger partial charge < -0.3 is 15.4 Å². The van der Waals surface area contributed by atoms with E-state index in [0.717, 1.165) is 5.69 Å². The second kappa shape index (κ2) is 6.11. The van der Waals surface area contributed by atoms with Crippen LogP contribution in [-0.2, 0) is 0 Å². The van der Waals surface area contributed by atoms with Gasteiger partial charge in [0.15, 0.2) is 0 Å². The zero-order chi connectivity index (χ0) is 13.9. The fraction of sp³-hybridized carbons (Fsp3) is 0.692. The monoisotopic (exact) mass is 253 g/mol. The lowest BCUT2D eigenvalue weighted by Gasteiger charge is -2.21. The van der Waals surface area contributed by atoms with Crippen LogP contribution in [0.15, 0.2) is 4.79 Å². The molecule has 3 N–H and O–H groups in total. The van der Waals surface area contributed by atoms with Crippen molar-refractivity contribution in [1.29, 1.82) is 0 Å². The van der Waals surface area contributed by atoms with Crippen molar-refractivity contribution in [3.8, 4) is 0 Å². The van der Waals surface area contributed by atoms with Crippen LogP contribution in [0.2, 0.25) is 0 Å². The fourth-order valence-corrected chi connectivity index (χ4v) is 2.34. The molecule has 1 heterocycles. The Morgan fingerprint density at radius 2 is 1.94 bits per heavy atom. The lowest BCUT2D eigenvalue weighted by atomic mass is 10.1. The van der Waals surface area contributed by atoms with Crippen LogP contribution >= 0.6 is 0 Å². The summed E-state index contributed by atoms with van der Waals surface area (Å²) in [5.41, 5.74) is 1.32. The Labute approximate surface area is 108 Å². The van der Waals surface area contributed by atoms with E-state index < -0.39 is 0 Å². The van der Waals surface area contributed by atoms with E-state index in [1.807, 2.05) is 20.8 Å². The van der Waals surface area contributed by atoms with Crippen LogP contribution in [0.3, 0.4) is 0 Å². The first-order valence-electron chi connectivity index (χ1n) is 6.32. The van der Waals surface area contributed by atoms with E-state index >= 15 is 0 Å². The maximum Gasteiger partial charge on any atom is 0.255 e. The van der Waals surface area contributed by atoms with Crippen LogP contribution in [0.4, 0.5) is 0 Å². The van der Waals surface area contributed by atoms with E-state index in [1.165, 1.54) is 0 Å². The number of aromatic nitrogens is 2. The number of aryl methyl sites for hydroxylation is 2. The zero-order valence-electron chi connectivity index (χ0n) is 11.7. The highest BCUT2D eigenvalue weighted by Gasteiger charge is 2.17. The first kappa shape index (κ1) is 14.9. The molecule has 5 heteroatoms. The number of aliphatic hydroxyl groups excluding tert-OH is 1. The SMILES string of the molecule is Cc1nc(C)c(C(C)NC(C)CC(C)O)c(=O)[nH]1. The Morgan fingerprint density at radius 1 is 1.33 bits per heavy atom. The summed E-state index contributed by atoms with van der Waals surface area (Å²) in [5, 5.41) is 12.6. The average molecular weight is 253 g/mol. The number of H-pyrrole nitrogens is 1. The van der Waals surface area contributed by atoms with Gasteiger partial charge in [0, 0.05) is 17.8 Å². The average Bonchev–Trinajstić information content (AvgIpc) is 2.12. The minimum absolute atomic E-state index is 0.0874. The van der Waals surface area contributed by atoms with Crippen molar-refractivity contribution in [2.75, 3.05) is 0 Å². The highest BCUT2D eigenvalue weighted by Crippen LogP contribution is 2.12. The van der Waals surface area contributed by atoms with Gasteiger partial charge in [0.2, 0.25) is 0 Å². The Bertz CT molecular complexity index is 454. The standard InChI is InChI=1S/C13H23N3O2/c1-7(6-8(2)17)14-9(3)12-10(4)15-11(5)16-13(12)18/h7-9,14,17H,6H2,1-5H3,(H,15,16,18). The van der Waals surface area contributed by atoms with Gasteiger partial charge in [-0.25, -0.2) is 4.98 Å². The van der Waals surface area contributed by atoms with E-state index in [1.54, 1.807) is 13.8 Å². The fourth-order valence-electron chi connectivity index (χ4n) is 2.34. The van der Waals surface area contributed by atoms with Crippen LogP contribution < -0.4 is 10.9 Å². The Balaban J connectivity index is 2.85. The molecule has 5 nitrogen and oxygen atoms in total. The second-order valence-electron chi connectivity index (χ2n) is 5.02. The van der Waals surface area contributed by atoms with Gasteiger partial charge in [0.1, 0.15) is 5.82 Å². The highest BCUT2D eigenvalue weighted by atomic mass is 16.3. The Hall–Kier alpha value is -1.20. The molecule has 0 radical (unpaired) electrons. The molecule has 0 spiro atoms. The lowest BCUT2D eigenvalue weighted by molar-refractivity contribution is 0.168. The predicted molar refractivity (Wildman–Crippen MR) is 71.6 cm³/mol. The van der Waals surface area contributed by atoms with E-state index in [0.29, 0.717) is 17.8 Å². The molecular formula is C13H23N3O2. The van der Waals surface area contributed by atoms with Crippen molar-refractivity contribution in [2.24, 2.45) is 0 Å². The molecule has 0 bridgehead atoms. The second-order valence-corrected chi connectivity index (χ2v) is 5.02. The molecule has 0 aliphatic carbocycles. The summed E-state index contributed by atoms with van der Waals surface area (Å²) < 4.78 is 0. The lowest BCUT2D eigenvalue weighted by Crippen LogP contribution is -2.35. The zero-order valence-corrected chi connectivity index (χ0v) is 11.7. The maximum atomic E-state index is 11.9. The normalized spacial score (nSPS) is 16.3. The molecule has 0 saturated carbocycles. The van der Waals surface area contributed by atoms with Crippen LogP contribution in [0.1, 0.15) is 50.3 Å². The number of rotatable bonds is 5. The predicted octanol–water partition coefficient (Wildman–Crippen LogP) is 1.20. The van der Waals surface area contributed by atoms with E-state index in [-0.39, 0.29) is 23.7 Å². The molecular weight excluding hydrogens is 230 g/mol. The molecule has 0 saturated heterocycles. The smallest absolute Gasteiger partial charge is 0.255 e. The number of nitrogens with one attached hydrogen (secondary N) is 2. The van der Waals surface area contributed by atoms with Crippen molar-refractivity contribution < 1.29 is 5.11 Å². The van der Waals surface area contributed by atoms with Crippen molar-refractivity contribution in [1.82, 2.24) is 15.3 Å². The molecule has 1 rings (SSSR count). The molecule has 3 atom stereocenters. The molecule has 0 fully saturated rings. The first-order chi connectivity index (χ1) is 8.31. The van der Waals surface area contributed by atoms with Crippen LogP contribution in [0, 0.1) is 13.8 Å². The van der Waals surface area contributed by atoms with Gasteiger partial charge >= 0.3 is 0 Å². The van der Waals surface area contributed by atoms with Crippen molar-refractivity contribution in [3.05, 3.63) is 27.4 Å². The molecule has 0 aliphatic rings. The molecule has 18 heavy (non-hydrogen) atoms. The van der Waals surface area contributed by atoms with Gasteiger partial charge in [0.05, 0.1) is 11.7 Å². The van der Waals surface area contributed by atoms with Gasteiger partial charge in [-0.2, -0.15) is 0 Å². The molecule has 0 aliphatic heterocycles. The summed E-state index contributed by atoms with van der Waals surface area (Å²) >= 11 is 0. The topological polar surface area (TPSA) is 78.0 Å². The van der Waals surface area contributed by atoms with Crippen LogP contribution in [0.5, 0.6) is 0 Å². The highest BCUT2D eigenvalue weighted by molar-refractivity contribution is 5.20. The van der Waals surface area contributed by atoms with E-state index in [9.17, 15) is 9.90 Å². The summed E-state index contributed by atoms with van der Waals surface area (Å²) in [6, 6.07) is 0.0516. The van der Waals surface area contributed by atoms with Crippen molar-refractivity contribution in [3.63, 3.8) is 0 Å². The minimum Gasteiger partial charge on any atom is -0.393 e. The third kappa shape index (κ3) is 3.92. The van der Waals surface area contributed by atoms with Gasteiger partial charge in [-0.05, 0) is 41.0 Å². The number of nitrogens with zero attached hydrogens (tertiary/aromatic N) is 1. The summed E-state index contributed by atoms with van der Waals surface area (Å²) in [6.07, 6.45) is 0.302. The summed E-state index contributed by atoms with van der Waals surface area (Å²) in [5.74, 6) is 0.630. The van der Waals surface area contributed by atoms with Crippen LogP contribution in [-0.4, -0.2) is 27.2 Å². The molecule has 0 aromatic carbocycles. The molecule has 1 aromatic heterocycles. The Morgan fingerprint density at radius 3 is 2.44 bits per heavy atom. The third-order valence-corrected chi connectivity index (χ3v) is 2.93. The van der Waals surface area contributed by atoms with Gasteiger partial charge in [-0.1, -0.05) is 0 Å². The number of hydrogen-bond acceptors (Lipinski definition) is 4. The number of hydrogen-bond donors (Lipinski definition) is 3. The van der Waals surface area contributed by atoms with Gasteiger partial charge in [0.25, 0.3) is 5.56 Å². The Kier molecular flexibility index (Phi) is 5.04. The maximum absolute atomic E-state index is 11.9. The van der Waals surface area contributed by atoms with Crippen LogP contribution in [0.25, 0.3) is 0 Å². The van der Waals surface area contributed by atoms with Crippen molar-refractivity contribution in [2.45, 2.75) is 59.2 Å². The molecule has 0 amide bonds. The number of aromatic amines is 1. The first-order valence-corrected chi connectivity index (χ1v) is 6.32. The van der Waals surface area contributed by atoms with Gasteiger partial charge in [-0.15, -0.1) is 0 Å². The molecule has 3 unspecified atom stereocenters. The summed E-state index contributed by atoms with van der Waals surface area (Å²) in [6.45, 7) is 9.30. The summed E-state index contributed by atoms with van der Waals surface area (Å²) in [4.78, 5) is 18.9. The quantitative estimate of drug-likeness (QED) is 0.736. The van der Waals surface area contributed by atoms with Gasteiger partial charge in [-0.3, -0.25) is 4.79 Å². The minimum atomic E-state index is -0.352. The number of aliphatic hydroxyl groups is 1. The van der Waals surface area contributed by atoms with E-state index in [4.69, 9.17) is 0 Å². The molecule has 102 valence electrons. The van der Waals surface area contributed by atoms with E-state index in [2.05, 4.69) is 15.3 Å². The third-order valence-electron chi connectivity index (χ3n) is 2.93. The summed E-state index contributed by atoms with van der Waals surface area (Å²) in [7, 11) is 0. The largest absolute Gasteiger partial charge is 0.393 e. The van der Waals surface area contributed by atoms with Crippen molar-refractivity contribution >= 4 is 0 Å².